The number of rotatable bonds is 20. The molecule has 1 amide bonds. The van der Waals surface area contributed by atoms with Crippen molar-refractivity contribution in [3.05, 3.63) is 69.8 Å². The van der Waals surface area contributed by atoms with Crippen LogP contribution in [0.5, 0.6) is 5.75 Å². The van der Waals surface area contributed by atoms with Crippen molar-refractivity contribution in [2.45, 2.75) is 123 Å². The third-order valence-corrected chi connectivity index (χ3v) is 10.5. The minimum absolute atomic E-state index is 0.0337. The van der Waals surface area contributed by atoms with Gasteiger partial charge in [0.25, 0.3) is 12.0 Å². The normalized spacial score (nSPS) is 12.9. The van der Waals surface area contributed by atoms with Gasteiger partial charge in [0.1, 0.15) is 12.3 Å². The van der Waals surface area contributed by atoms with Crippen molar-refractivity contribution in [2.24, 2.45) is 7.05 Å². The van der Waals surface area contributed by atoms with Crippen molar-refractivity contribution >= 4 is 28.2 Å². The quantitative estimate of drug-likeness (QED) is 0.0921. The molecule has 0 unspecified atom stereocenters. The van der Waals surface area contributed by atoms with Crippen molar-refractivity contribution in [3.8, 4) is 16.9 Å². The minimum atomic E-state index is -2.72. The average Bonchev–Trinajstić information content (AvgIpc) is 3.61. The molecule has 8 nitrogen and oxygen atoms in total. The number of ether oxygens (including phenoxy) is 1. The first kappa shape index (κ1) is 39.0. The SMILES string of the molecule is CCCCCCCCCCCCCCCNC(=O)Cn1cc(-c2cc3c(cc2C(F)F)N(c2cc(OC)cc4c2cc(C)c(=O)n4C)CCC3)cn1. The number of nitrogens with zero attached hydrogens (tertiary/aromatic N) is 4. The predicted octanol–water partition coefficient (Wildman–Crippen LogP) is 9.95. The summed E-state index contributed by atoms with van der Waals surface area (Å²) in [7, 11) is 3.31. The summed E-state index contributed by atoms with van der Waals surface area (Å²) in [5.74, 6) is 0.446. The molecular formula is C42H57F2N5O3. The molecule has 0 radical (unpaired) electrons. The van der Waals surface area contributed by atoms with E-state index in [4.69, 9.17) is 4.74 Å². The molecule has 3 heterocycles. The van der Waals surface area contributed by atoms with Gasteiger partial charge in [0.2, 0.25) is 5.91 Å². The first-order chi connectivity index (χ1) is 25.2. The highest BCUT2D eigenvalue weighted by molar-refractivity contribution is 5.97. The number of halogens is 2. The van der Waals surface area contributed by atoms with E-state index in [2.05, 4.69) is 22.2 Å². The van der Waals surface area contributed by atoms with Crippen LogP contribution in [-0.4, -0.2) is 40.5 Å². The number of aromatic nitrogens is 3. The summed E-state index contributed by atoms with van der Waals surface area (Å²) < 4.78 is 38.2. The Balaban J connectivity index is 1.19. The number of nitrogens with one attached hydrogen (secondary N) is 1. The molecule has 0 saturated heterocycles. The predicted molar refractivity (Wildman–Crippen MR) is 207 cm³/mol. The van der Waals surface area contributed by atoms with Gasteiger partial charge in [0.05, 0.1) is 24.5 Å². The number of fused-ring (bicyclic) bond motifs is 2. The van der Waals surface area contributed by atoms with E-state index in [-0.39, 0.29) is 23.6 Å². The number of carbonyl (C=O) groups excluding carboxylic acids is 1. The molecule has 282 valence electrons. The Hall–Kier alpha value is -4.21. The Morgan fingerprint density at radius 2 is 1.60 bits per heavy atom. The number of methoxy groups -OCH3 is 1. The summed E-state index contributed by atoms with van der Waals surface area (Å²) in [4.78, 5) is 27.5. The average molecular weight is 718 g/mol. The molecule has 0 spiro atoms. The second kappa shape index (κ2) is 19.0. The molecular weight excluding hydrogens is 660 g/mol. The number of anilines is 2. The Labute approximate surface area is 307 Å². The Kier molecular flexibility index (Phi) is 14.3. The molecule has 2 aromatic carbocycles. The van der Waals surface area contributed by atoms with Gasteiger partial charge in [-0.2, -0.15) is 5.10 Å². The van der Waals surface area contributed by atoms with E-state index in [0.29, 0.717) is 46.7 Å². The molecule has 0 bridgehead atoms. The number of pyridine rings is 1. The number of amides is 1. The van der Waals surface area contributed by atoms with Gasteiger partial charge in [0.15, 0.2) is 0 Å². The van der Waals surface area contributed by atoms with Crippen molar-refractivity contribution in [3.63, 3.8) is 0 Å². The van der Waals surface area contributed by atoms with Gasteiger partial charge in [-0.15, -0.1) is 0 Å². The van der Waals surface area contributed by atoms with Gasteiger partial charge in [-0.25, -0.2) is 8.78 Å². The highest BCUT2D eigenvalue weighted by Crippen LogP contribution is 2.44. The van der Waals surface area contributed by atoms with Crippen molar-refractivity contribution < 1.29 is 18.3 Å². The number of aryl methyl sites for hydroxylation is 3. The largest absolute Gasteiger partial charge is 0.497 e. The van der Waals surface area contributed by atoms with Gasteiger partial charge in [-0.1, -0.05) is 84.0 Å². The van der Waals surface area contributed by atoms with E-state index in [1.807, 2.05) is 24.3 Å². The van der Waals surface area contributed by atoms with Gasteiger partial charge in [0, 0.05) is 66.2 Å². The van der Waals surface area contributed by atoms with E-state index >= 15 is 0 Å². The van der Waals surface area contributed by atoms with Crippen LogP contribution in [0.25, 0.3) is 22.0 Å². The zero-order chi connectivity index (χ0) is 37.0. The van der Waals surface area contributed by atoms with Crippen molar-refractivity contribution in [1.82, 2.24) is 19.7 Å². The molecule has 1 aliphatic rings. The van der Waals surface area contributed by atoms with Crippen LogP contribution in [0.3, 0.4) is 0 Å². The van der Waals surface area contributed by atoms with E-state index < -0.39 is 6.43 Å². The monoisotopic (exact) mass is 717 g/mol. The molecule has 2 aromatic heterocycles. The summed E-state index contributed by atoms with van der Waals surface area (Å²) in [6.07, 6.45) is 18.7. The fourth-order valence-corrected chi connectivity index (χ4v) is 7.51. The van der Waals surface area contributed by atoms with Crippen LogP contribution < -0.4 is 20.5 Å². The molecule has 1 N–H and O–H groups in total. The molecule has 0 atom stereocenters. The number of unbranched alkanes of at least 4 members (excludes halogenated alkanes) is 12. The molecule has 0 saturated carbocycles. The molecule has 5 rings (SSSR count). The van der Waals surface area contributed by atoms with Crippen LogP contribution in [0.4, 0.5) is 20.2 Å². The lowest BCUT2D eigenvalue weighted by Gasteiger charge is -2.34. The van der Waals surface area contributed by atoms with Gasteiger partial charge >= 0.3 is 0 Å². The number of hydrogen-bond acceptors (Lipinski definition) is 5. The van der Waals surface area contributed by atoms with E-state index in [1.54, 1.807) is 44.1 Å². The maximum Gasteiger partial charge on any atom is 0.264 e. The Bertz CT molecular complexity index is 1850. The van der Waals surface area contributed by atoms with Crippen LogP contribution >= 0.6 is 0 Å². The number of carbonyl (C=O) groups is 1. The summed E-state index contributed by atoms with van der Waals surface area (Å²) >= 11 is 0. The third kappa shape index (κ3) is 9.81. The summed E-state index contributed by atoms with van der Waals surface area (Å²) in [5.41, 5.74) is 4.57. The number of benzene rings is 2. The first-order valence-electron chi connectivity index (χ1n) is 19.4. The van der Waals surface area contributed by atoms with E-state index in [9.17, 15) is 18.4 Å². The van der Waals surface area contributed by atoms with Gasteiger partial charge < -0.3 is 19.5 Å². The molecule has 1 aliphatic heterocycles. The Morgan fingerprint density at radius 1 is 0.923 bits per heavy atom. The van der Waals surface area contributed by atoms with Crippen LogP contribution in [-0.2, 0) is 24.8 Å². The second-order valence-electron chi connectivity index (χ2n) is 14.4. The topological polar surface area (TPSA) is 81.4 Å². The zero-order valence-electron chi connectivity index (χ0n) is 31.6. The highest BCUT2D eigenvalue weighted by atomic mass is 19.3. The minimum Gasteiger partial charge on any atom is -0.497 e. The van der Waals surface area contributed by atoms with Crippen molar-refractivity contribution in [1.29, 1.82) is 0 Å². The fraction of sp³-hybridized carbons (Fsp3) is 0.548. The lowest BCUT2D eigenvalue weighted by atomic mass is 9.92. The highest BCUT2D eigenvalue weighted by Gasteiger charge is 2.26. The van der Waals surface area contributed by atoms with Crippen LogP contribution in [0.2, 0.25) is 0 Å². The van der Waals surface area contributed by atoms with E-state index in [1.165, 1.54) is 75.3 Å². The standard InChI is InChI=1S/C42H57F2N5O3/c1-5-6-7-8-9-10-11-12-13-14-15-16-17-20-45-40(50)29-48-28-32(27-46-48)34-23-31-19-18-21-49(37(31)26-35(34)41(43)44)39-25-33(52-4)24-38-36(39)22-30(2)42(51)47(38)3/h22-28,41H,5-21,29H2,1-4H3,(H,45,50). The molecule has 10 heteroatoms. The number of alkyl halides is 2. The maximum atomic E-state index is 14.8. The lowest BCUT2D eigenvalue weighted by molar-refractivity contribution is -0.121. The maximum absolute atomic E-state index is 14.8. The smallest absolute Gasteiger partial charge is 0.264 e. The number of hydrogen-bond donors (Lipinski definition) is 1. The fourth-order valence-electron chi connectivity index (χ4n) is 7.51. The van der Waals surface area contributed by atoms with Crippen molar-refractivity contribution in [2.75, 3.05) is 25.1 Å². The van der Waals surface area contributed by atoms with Crippen LogP contribution in [0, 0.1) is 6.92 Å². The Morgan fingerprint density at radius 3 is 2.25 bits per heavy atom. The molecule has 0 aliphatic carbocycles. The van der Waals surface area contributed by atoms with Crippen LogP contribution in [0.1, 0.15) is 120 Å². The lowest BCUT2D eigenvalue weighted by Crippen LogP contribution is -2.28. The summed E-state index contributed by atoms with van der Waals surface area (Å²) in [6, 6.07) is 9.05. The second-order valence-corrected chi connectivity index (χ2v) is 14.4. The molecule has 52 heavy (non-hydrogen) atoms. The summed E-state index contributed by atoms with van der Waals surface area (Å²) in [6.45, 7) is 5.33. The van der Waals surface area contributed by atoms with Crippen LogP contribution in [0.15, 0.2) is 47.5 Å². The summed E-state index contributed by atoms with van der Waals surface area (Å²) in [5, 5.41) is 8.20. The third-order valence-electron chi connectivity index (χ3n) is 10.5. The first-order valence-corrected chi connectivity index (χ1v) is 19.4. The molecule has 0 fully saturated rings. The van der Waals surface area contributed by atoms with Gasteiger partial charge in [-0.05, 0) is 55.5 Å². The molecule has 4 aromatic rings. The zero-order valence-corrected chi connectivity index (χ0v) is 31.6. The van der Waals surface area contributed by atoms with Gasteiger partial charge in [-0.3, -0.25) is 14.3 Å². The van der Waals surface area contributed by atoms with E-state index in [0.717, 1.165) is 42.3 Å².